The topological polar surface area (TPSA) is 116 Å². The van der Waals surface area contributed by atoms with Gasteiger partial charge in [-0.3, -0.25) is 19.7 Å². The first-order chi connectivity index (χ1) is 14.9. The Morgan fingerprint density at radius 2 is 1.48 bits per heavy atom. The van der Waals surface area contributed by atoms with Crippen molar-refractivity contribution in [2.45, 2.75) is 13.0 Å². The highest BCUT2D eigenvalue weighted by atomic mass is 16.6. The first-order valence-corrected chi connectivity index (χ1v) is 9.32. The Kier molecular flexibility index (Phi) is 6.51. The Morgan fingerprint density at radius 3 is 2.13 bits per heavy atom. The highest BCUT2D eigenvalue weighted by Crippen LogP contribution is 2.20. The summed E-state index contributed by atoms with van der Waals surface area (Å²) in [5.41, 5.74) is 0.585. The van der Waals surface area contributed by atoms with Crippen molar-refractivity contribution in [3.05, 3.63) is 106 Å². The molecule has 0 radical (unpaired) electrons. The summed E-state index contributed by atoms with van der Waals surface area (Å²) in [5, 5.41) is 13.6. The number of benzene rings is 3. The van der Waals surface area contributed by atoms with E-state index in [0.29, 0.717) is 11.3 Å². The molecule has 3 aromatic rings. The molecule has 8 heteroatoms. The highest BCUT2D eigenvalue weighted by Gasteiger charge is 2.21. The highest BCUT2D eigenvalue weighted by molar-refractivity contribution is 6.07. The lowest BCUT2D eigenvalue weighted by Gasteiger charge is -2.13. The van der Waals surface area contributed by atoms with Gasteiger partial charge >= 0.3 is 5.97 Å². The number of ether oxygens (including phenoxy) is 1. The van der Waals surface area contributed by atoms with Crippen LogP contribution in [0, 0.1) is 10.1 Å². The number of rotatable bonds is 7. The molecule has 0 fully saturated rings. The molecule has 0 heterocycles. The van der Waals surface area contributed by atoms with E-state index in [0.717, 1.165) is 0 Å². The number of amides is 1. The number of ketones is 1. The van der Waals surface area contributed by atoms with Gasteiger partial charge in [0.25, 0.3) is 11.6 Å². The van der Waals surface area contributed by atoms with Gasteiger partial charge in [0.2, 0.25) is 5.78 Å². The van der Waals surface area contributed by atoms with Gasteiger partial charge < -0.3 is 10.1 Å². The monoisotopic (exact) mass is 418 g/mol. The van der Waals surface area contributed by atoms with Crippen molar-refractivity contribution in [2.24, 2.45) is 0 Å². The van der Waals surface area contributed by atoms with Crippen LogP contribution in [-0.4, -0.2) is 28.7 Å². The number of nitrogens with one attached hydrogen (secondary N) is 1. The summed E-state index contributed by atoms with van der Waals surface area (Å²) in [6, 6.07) is 19.9. The summed E-state index contributed by atoms with van der Waals surface area (Å²) >= 11 is 0. The standard InChI is InChI=1S/C23H18N2O6/c1-15(21(26)16-7-3-2-4-8-16)31-23(28)17-11-13-18(14-12-17)24-22(27)19-9-5-6-10-20(19)25(29)30/h2-15H,1H3,(H,24,27). The lowest BCUT2D eigenvalue weighted by molar-refractivity contribution is -0.385. The number of para-hydroxylation sites is 1. The second-order valence-electron chi connectivity index (χ2n) is 6.58. The fraction of sp³-hybridized carbons (Fsp3) is 0.0870. The molecule has 1 atom stereocenters. The Balaban J connectivity index is 1.65. The molecule has 0 saturated carbocycles. The maximum absolute atomic E-state index is 12.4. The maximum Gasteiger partial charge on any atom is 0.338 e. The maximum atomic E-state index is 12.4. The van der Waals surface area contributed by atoms with Crippen LogP contribution in [-0.2, 0) is 4.74 Å². The van der Waals surface area contributed by atoms with Crippen LogP contribution in [0.3, 0.4) is 0 Å². The van der Waals surface area contributed by atoms with E-state index < -0.39 is 22.9 Å². The minimum Gasteiger partial charge on any atom is -0.451 e. The number of nitrogens with zero attached hydrogens (tertiary/aromatic N) is 1. The van der Waals surface area contributed by atoms with Crippen molar-refractivity contribution in [3.63, 3.8) is 0 Å². The third kappa shape index (κ3) is 5.18. The summed E-state index contributed by atoms with van der Waals surface area (Å²) in [6.45, 7) is 1.49. The van der Waals surface area contributed by atoms with E-state index in [-0.39, 0.29) is 22.6 Å². The zero-order valence-corrected chi connectivity index (χ0v) is 16.5. The second kappa shape index (κ2) is 9.45. The Labute approximate surface area is 177 Å². The van der Waals surface area contributed by atoms with Crippen molar-refractivity contribution in [1.29, 1.82) is 0 Å². The first-order valence-electron chi connectivity index (χ1n) is 9.32. The molecule has 0 aliphatic carbocycles. The SMILES string of the molecule is CC(OC(=O)c1ccc(NC(=O)c2ccccc2[N+](=O)[O-])cc1)C(=O)c1ccccc1. The number of nitro groups is 1. The van der Waals surface area contributed by atoms with Gasteiger partial charge in [0, 0.05) is 17.3 Å². The van der Waals surface area contributed by atoms with Crippen molar-refractivity contribution < 1.29 is 24.0 Å². The number of carbonyl (C=O) groups excluding carboxylic acids is 3. The predicted octanol–water partition coefficient (Wildman–Crippen LogP) is 4.28. The van der Waals surface area contributed by atoms with Crippen LogP contribution in [0.5, 0.6) is 0 Å². The largest absolute Gasteiger partial charge is 0.451 e. The minimum atomic E-state index is -0.965. The van der Waals surface area contributed by atoms with Gasteiger partial charge in [0.05, 0.1) is 10.5 Å². The average Bonchev–Trinajstić information content (AvgIpc) is 2.79. The third-order valence-corrected chi connectivity index (χ3v) is 4.44. The molecule has 0 spiro atoms. The first kappa shape index (κ1) is 21.4. The van der Waals surface area contributed by atoms with Crippen LogP contribution < -0.4 is 5.32 Å². The molecule has 31 heavy (non-hydrogen) atoms. The average molecular weight is 418 g/mol. The van der Waals surface area contributed by atoms with Gasteiger partial charge in [-0.25, -0.2) is 4.79 Å². The van der Waals surface area contributed by atoms with E-state index in [1.165, 1.54) is 55.5 Å². The molecule has 3 aromatic carbocycles. The molecule has 1 amide bonds. The number of nitro benzene ring substituents is 1. The van der Waals surface area contributed by atoms with Crippen molar-refractivity contribution >= 4 is 29.0 Å². The number of esters is 1. The van der Waals surface area contributed by atoms with Gasteiger partial charge in [-0.2, -0.15) is 0 Å². The van der Waals surface area contributed by atoms with Gasteiger partial charge in [0.15, 0.2) is 6.10 Å². The molecule has 1 unspecified atom stereocenters. The van der Waals surface area contributed by atoms with Crippen molar-refractivity contribution in [1.82, 2.24) is 0 Å². The lowest BCUT2D eigenvalue weighted by atomic mass is 10.1. The number of carbonyl (C=O) groups is 3. The van der Waals surface area contributed by atoms with Crippen LogP contribution >= 0.6 is 0 Å². The van der Waals surface area contributed by atoms with Crippen molar-refractivity contribution in [3.8, 4) is 0 Å². The van der Waals surface area contributed by atoms with Gasteiger partial charge in [-0.05, 0) is 37.3 Å². The summed E-state index contributed by atoms with van der Waals surface area (Å²) in [7, 11) is 0. The Bertz CT molecular complexity index is 1130. The van der Waals surface area contributed by atoms with Crippen LogP contribution in [0.15, 0.2) is 78.9 Å². The van der Waals surface area contributed by atoms with E-state index >= 15 is 0 Å². The smallest absolute Gasteiger partial charge is 0.338 e. The zero-order chi connectivity index (χ0) is 22.4. The fourth-order valence-electron chi connectivity index (χ4n) is 2.83. The van der Waals surface area contributed by atoms with Crippen LogP contribution in [0.2, 0.25) is 0 Å². The molecule has 0 saturated heterocycles. The fourth-order valence-corrected chi connectivity index (χ4v) is 2.83. The molecule has 3 rings (SSSR count). The molecule has 1 N–H and O–H groups in total. The van der Waals surface area contributed by atoms with E-state index in [2.05, 4.69) is 5.32 Å². The van der Waals surface area contributed by atoms with Crippen LogP contribution in [0.1, 0.15) is 38.0 Å². The summed E-state index contributed by atoms with van der Waals surface area (Å²) in [5.74, 6) is -1.65. The number of hydrogen-bond donors (Lipinski definition) is 1. The lowest BCUT2D eigenvalue weighted by Crippen LogP contribution is -2.24. The van der Waals surface area contributed by atoms with E-state index in [9.17, 15) is 24.5 Å². The van der Waals surface area contributed by atoms with Gasteiger partial charge in [-0.1, -0.05) is 42.5 Å². The summed E-state index contributed by atoms with van der Waals surface area (Å²) in [4.78, 5) is 47.5. The second-order valence-corrected chi connectivity index (χ2v) is 6.58. The van der Waals surface area contributed by atoms with E-state index in [1.54, 1.807) is 30.3 Å². The number of anilines is 1. The molecule has 0 aliphatic heterocycles. The summed E-state index contributed by atoms with van der Waals surface area (Å²) in [6.07, 6.45) is -0.965. The quantitative estimate of drug-likeness (QED) is 0.265. The summed E-state index contributed by atoms with van der Waals surface area (Å²) < 4.78 is 5.23. The minimum absolute atomic E-state index is 0.0794. The molecule has 0 aromatic heterocycles. The normalized spacial score (nSPS) is 11.3. The van der Waals surface area contributed by atoms with E-state index in [4.69, 9.17) is 4.74 Å². The van der Waals surface area contributed by atoms with Crippen molar-refractivity contribution in [2.75, 3.05) is 5.32 Å². The number of Topliss-reactive ketones (excluding diaryl/α,β-unsaturated/α-hetero) is 1. The molecule has 0 bridgehead atoms. The molecular weight excluding hydrogens is 400 g/mol. The molecule has 156 valence electrons. The van der Waals surface area contributed by atoms with Gasteiger partial charge in [-0.15, -0.1) is 0 Å². The molecular formula is C23H18N2O6. The van der Waals surface area contributed by atoms with Crippen LogP contribution in [0.25, 0.3) is 0 Å². The number of hydrogen-bond acceptors (Lipinski definition) is 6. The zero-order valence-electron chi connectivity index (χ0n) is 16.5. The molecule has 8 nitrogen and oxygen atoms in total. The molecule has 0 aliphatic rings. The Hall–Kier alpha value is -4.33. The Morgan fingerprint density at radius 1 is 0.871 bits per heavy atom. The third-order valence-electron chi connectivity index (χ3n) is 4.44. The van der Waals surface area contributed by atoms with Gasteiger partial charge in [0.1, 0.15) is 5.56 Å². The van der Waals surface area contributed by atoms with Crippen LogP contribution in [0.4, 0.5) is 11.4 Å². The van der Waals surface area contributed by atoms with E-state index in [1.807, 2.05) is 0 Å². The predicted molar refractivity (Wildman–Crippen MR) is 113 cm³/mol.